The minimum Gasteiger partial charge on any atom is -0.230 e. The van der Waals surface area contributed by atoms with Crippen molar-refractivity contribution in [3.05, 3.63) is 46.3 Å². The van der Waals surface area contributed by atoms with Crippen LogP contribution in [0.2, 0.25) is 5.15 Å². The largest absolute Gasteiger partial charge is 0.230 e. The zero-order valence-electron chi connectivity index (χ0n) is 9.45. The quantitative estimate of drug-likeness (QED) is 0.614. The van der Waals surface area contributed by atoms with Crippen LogP contribution < -0.4 is 0 Å². The molecule has 0 fully saturated rings. The van der Waals surface area contributed by atoms with E-state index in [-0.39, 0.29) is 10.8 Å². The normalized spacial score (nSPS) is 11.1. The smallest absolute Gasteiger partial charge is 0.181 e. The third kappa shape index (κ3) is 1.78. The molecule has 0 radical (unpaired) electrons. The molecule has 0 unspecified atom stereocenters. The fraction of sp³-hybridized carbons (Fsp3) is 0.0769. The van der Waals surface area contributed by atoms with Crippen molar-refractivity contribution in [1.29, 1.82) is 0 Å². The van der Waals surface area contributed by atoms with Crippen molar-refractivity contribution in [2.24, 2.45) is 0 Å². The van der Waals surface area contributed by atoms with E-state index < -0.39 is 5.82 Å². The second kappa shape index (κ2) is 4.30. The summed E-state index contributed by atoms with van der Waals surface area (Å²) < 4.78 is 14.6. The summed E-state index contributed by atoms with van der Waals surface area (Å²) in [6.07, 6.45) is 0. The van der Waals surface area contributed by atoms with Gasteiger partial charge >= 0.3 is 0 Å². The van der Waals surface area contributed by atoms with Gasteiger partial charge in [-0.15, -0.1) is 11.3 Å². The number of thiophene rings is 1. The van der Waals surface area contributed by atoms with E-state index in [2.05, 4.69) is 9.97 Å². The van der Waals surface area contributed by atoms with Crippen molar-refractivity contribution in [3.63, 3.8) is 0 Å². The Hall–Kier alpha value is -1.52. The third-order valence-electron chi connectivity index (χ3n) is 2.70. The van der Waals surface area contributed by atoms with Gasteiger partial charge in [0.1, 0.15) is 0 Å². The fourth-order valence-corrected chi connectivity index (χ4v) is 2.95. The molecule has 0 aliphatic carbocycles. The number of aryl methyl sites for hydroxylation is 1. The Morgan fingerprint density at radius 3 is 2.78 bits per heavy atom. The lowest BCUT2D eigenvalue weighted by molar-refractivity contribution is 0.603. The van der Waals surface area contributed by atoms with Crippen molar-refractivity contribution in [3.8, 4) is 11.4 Å². The summed E-state index contributed by atoms with van der Waals surface area (Å²) in [5.41, 5.74) is 1.15. The number of benzene rings is 1. The molecule has 0 spiro atoms. The maximum absolute atomic E-state index is 13.4. The summed E-state index contributed by atoms with van der Waals surface area (Å²) in [6, 6.07) is 7.96. The van der Waals surface area contributed by atoms with Crippen LogP contribution in [0, 0.1) is 12.7 Å². The molecule has 90 valence electrons. The molecule has 1 aromatic carbocycles. The molecule has 0 amide bonds. The molecule has 2 heterocycles. The number of halogens is 2. The second-order valence-corrected chi connectivity index (χ2v) is 5.15. The lowest BCUT2D eigenvalue weighted by Crippen LogP contribution is -1.96. The number of fused-ring (bicyclic) bond motifs is 1. The predicted octanol–water partition coefficient (Wildman–Crippen LogP) is 4.46. The van der Waals surface area contributed by atoms with Crippen LogP contribution in [0.1, 0.15) is 5.69 Å². The number of nitrogens with zero attached hydrogens (tertiary/aromatic N) is 2. The van der Waals surface area contributed by atoms with Gasteiger partial charge < -0.3 is 0 Å². The molecule has 0 N–H and O–H groups in total. The summed E-state index contributed by atoms with van der Waals surface area (Å²) in [6.45, 7) is 1.58. The van der Waals surface area contributed by atoms with Gasteiger partial charge in [-0.2, -0.15) is 0 Å². The van der Waals surface area contributed by atoms with Crippen molar-refractivity contribution in [2.75, 3.05) is 0 Å². The fourth-order valence-electron chi connectivity index (χ4n) is 1.80. The second-order valence-electron chi connectivity index (χ2n) is 3.88. The topological polar surface area (TPSA) is 25.8 Å². The minimum absolute atomic E-state index is 0.132. The van der Waals surface area contributed by atoms with E-state index in [0.717, 1.165) is 15.6 Å². The number of hydrogen-bond donors (Lipinski definition) is 0. The summed E-state index contributed by atoms with van der Waals surface area (Å²) in [7, 11) is 0. The van der Waals surface area contributed by atoms with Crippen LogP contribution in [-0.4, -0.2) is 9.97 Å². The average Bonchev–Trinajstić information content (AvgIpc) is 2.79. The van der Waals surface area contributed by atoms with Gasteiger partial charge in [0.15, 0.2) is 16.8 Å². The third-order valence-corrected chi connectivity index (χ3v) is 3.91. The lowest BCUT2D eigenvalue weighted by atomic mass is 10.1. The van der Waals surface area contributed by atoms with Crippen molar-refractivity contribution >= 4 is 33.0 Å². The molecule has 0 aliphatic heterocycles. The van der Waals surface area contributed by atoms with E-state index in [4.69, 9.17) is 11.6 Å². The predicted molar refractivity (Wildman–Crippen MR) is 72.6 cm³/mol. The molecule has 0 aliphatic rings. The molecular weight excluding hydrogens is 271 g/mol. The maximum Gasteiger partial charge on any atom is 0.181 e. The summed E-state index contributed by atoms with van der Waals surface area (Å²) in [5.74, 6) is -0.0868. The standard InChI is InChI=1S/C13H8ClFN2S/c1-7-11(15)12(14)17-13(16-7)9-6-18-10-5-3-2-4-8(9)10/h2-6H,1H3. The molecule has 5 heteroatoms. The number of aromatic nitrogens is 2. The highest BCUT2D eigenvalue weighted by Crippen LogP contribution is 2.32. The lowest BCUT2D eigenvalue weighted by Gasteiger charge is -2.02. The highest BCUT2D eigenvalue weighted by Gasteiger charge is 2.13. The van der Waals surface area contributed by atoms with E-state index in [1.807, 2.05) is 29.6 Å². The van der Waals surface area contributed by atoms with Crippen LogP contribution >= 0.6 is 22.9 Å². The van der Waals surface area contributed by atoms with Gasteiger partial charge in [0, 0.05) is 21.0 Å². The Morgan fingerprint density at radius 2 is 2.00 bits per heavy atom. The Morgan fingerprint density at radius 1 is 1.22 bits per heavy atom. The van der Waals surface area contributed by atoms with E-state index in [9.17, 15) is 4.39 Å². The Balaban J connectivity index is 2.26. The van der Waals surface area contributed by atoms with Crippen LogP contribution in [0.15, 0.2) is 29.6 Å². The van der Waals surface area contributed by atoms with Crippen molar-refractivity contribution < 1.29 is 4.39 Å². The Labute approximate surface area is 112 Å². The highest BCUT2D eigenvalue weighted by molar-refractivity contribution is 7.17. The Bertz CT molecular complexity index is 716. The number of rotatable bonds is 1. The van der Waals surface area contributed by atoms with Gasteiger partial charge in [-0.3, -0.25) is 0 Å². The maximum atomic E-state index is 13.4. The average molecular weight is 279 g/mol. The van der Waals surface area contributed by atoms with E-state index >= 15 is 0 Å². The summed E-state index contributed by atoms with van der Waals surface area (Å²) in [5, 5.41) is 2.89. The van der Waals surface area contributed by atoms with E-state index in [1.54, 1.807) is 18.3 Å². The van der Waals surface area contributed by atoms with Gasteiger partial charge in [-0.1, -0.05) is 29.8 Å². The highest BCUT2D eigenvalue weighted by atomic mass is 35.5. The van der Waals surface area contributed by atoms with Crippen LogP contribution in [-0.2, 0) is 0 Å². The minimum atomic E-state index is -0.556. The van der Waals surface area contributed by atoms with Gasteiger partial charge in [-0.05, 0) is 13.0 Å². The van der Waals surface area contributed by atoms with Gasteiger partial charge in [0.25, 0.3) is 0 Å². The molecule has 2 nitrogen and oxygen atoms in total. The molecule has 18 heavy (non-hydrogen) atoms. The molecule has 3 rings (SSSR count). The zero-order valence-corrected chi connectivity index (χ0v) is 11.0. The number of hydrogen-bond acceptors (Lipinski definition) is 3. The molecule has 0 bridgehead atoms. The van der Waals surface area contributed by atoms with E-state index in [1.165, 1.54) is 0 Å². The zero-order chi connectivity index (χ0) is 12.7. The first-order chi connectivity index (χ1) is 8.66. The molecule has 2 aromatic heterocycles. The monoisotopic (exact) mass is 278 g/mol. The summed E-state index contributed by atoms with van der Waals surface area (Å²) in [4.78, 5) is 8.17. The van der Waals surface area contributed by atoms with E-state index in [0.29, 0.717) is 5.82 Å². The van der Waals surface area contributed by atoms with Crippen molar-refractivity contribution in [2.45, 2.75) is 6.92 Å². The van der Waals surface area contributed by atoms with Crippen molar-refractivity contribution in [1.82, 2.24) is 9.97 Å². The molecule has 0 atom stereocenters. The Kier molecular flexibility index (Phi) is 2.76. The van der Waals surface area contributed by atoms with Crippen LogP contribution in [0.25, 0.3) is 21.5 Å². The van der Waals surface area contributed by atoms with Gasteiger partial charge in [0.2, 0.25) is 0 Å². The van der Waals surface area contributed by atoms with Crippen LogP contribution in [0.3, 0.4) is 0 Å². The van der Waals surface area contributed by atoms with Gasteiger partial charge in [-0.25, -0.2) is 14.4 Å². The molecule has 3 aromatic rings. The first kappa shape index (κ1) is 11.6. The molecule has 0 saturated carbocycles. The summed E-state index contributed by atoms with van der Waals surface area (Å²) >= 11 is 7.37. The molecular formula is C13H8ClFN2S. The first-order valence-corrected chi connectivity index (χ1v) is 6.59. The molecule has 0 saturated heterocycles. The first-order valence-electron chi connectivity index (χ1n) is 5.33. The van der Waals surface area contributed by atoms with Crippen LogP contribution in [0.5, 0.6) is 0 Å². The SMILES string of the molecule is Cc1nc(-c2csc3ccccc23)nc(Cl)c1F. The van der Waals surface area contributed by atoms with Crippen LogP contribution in [0.4, 0.5) is 4.39 Å². The van der Waals surface area contributed by atoms with Gasteiger partial charge in [0.05, 0.1) is 5.69 Å².